The molecule has 6 rings (SSSR count). The fourth-order valence-electron chi connectivity index (χ4n) is 5.74. The highest BCUT2D eigenvalue weighted by Gasteiger charge is 2.37. The molecule has 0 radical (unpaired) electrons. The zero-order valence-corrected chi connectivity index (χ0v) is 20.8. The number of halogens is 1. The van der Waals surface area contributed by atoms with Crippen molar-refractivity contribution < 1.29 is 0 Å². The van der Waals surface area contributed by atoms with Crippen LogP contribution in [0.2, 0.25) is 0 Å². The highest BCUT2D eigenvalue weighted by atomic mass is 79.9. The van der Waals surface area contributed by atoms with Gasteiger partial charge in [-0.3, -0.25) is 0 Å². The first-order valence-electron chi connectivity index (χ1n) is 11.5. The van der Waals surface area contributed by atoms with Gasteiger partial charge in [0.05, 0.1) is 11.0 Å². The van der Waals surface area contributed by atoms with Gasteiger partial charge < -0.3 is 4.57 Å². The van der Waals surface area contributed by atoms with Crippen molar-refractivity contribution in [3.05, 3.63) is 88.4 Å². The standard InChI is InChI=1S/C30H28BrN/c1-29(2)14-15-30(3,4)25-18-27-23(17-24(25)29)28-22-11-6-5-8-19(22)12-13-26(28)32(27)21-10-7-9-20(31)16-21/h5-13,16-18H,14-15H2,1-4H3. The van der Waals surface area contributed by atoms with E-state index in [-0.39, 0.29) is 10.8 Å². The van der Waals surface area contributed by atoms with Gasteiger partial charge in [0.2, 0.25) is 0 Å². The Bertz CT molecular complexity index is 1530. The monoisotopic (exact) mass is 481 g/mol. The van der Waals surface area contributed by atoms with E-state index in [1.165, 1.54) is 62.2 Å². The first-order chi connectivity index (χ1) is 15.3. The van der Waals surface area contributed by atoms with Gasteiger partial charge in [0.25, 0.3) is 0 Å². The molecule has 160 valence electrons. The quantitative estimate of drug-likeness (QED) is 0.225. The molecule has 0 fully saturated rings. The molecule has 1 aromatic heterocycles. The summed E-state index contributed by atoms with van der Waals surface area (Å²) in [5, 5.41) is 5.35. The third-order valence-corrected chi connectivity index (χ3v) is 8.19. The minimum Gasteiger partial charge on any atom is -0.309 e. The summed E-state index contributed by atoms with van der Waals surface area (Å²) in [6, 6.07) is 27.0. The SMILES string of the molecule is CC1(C)CCC(C)(C)c2cc3c(cc21)c1c2ccccc2ccc1n3-c1cccc(Br)c1. The molecule has 1 aliphatic rings. The van der Waals surface area contributed by atoms with E-state index in [1.54, 1.807) is 0 Å². The summed E-state index contributed by atoms with van der Waals surface area (Å²) >= 11 is 3.70. The molecule has 5 aromatic rings. The lowest BCUT2D eigenvalue weighted by atomic mass is 9.63. The van der Waals surface area contributed by atoms with E-state index >= 15 is 0 Å². The number of benzene rings is 4. The van der Waals surface area contributed by atoms with Gasteiger partial charge >= 0.3 is 0 Å². The predicted octanol–water partition coefficient (Wildman–Crippen LogP) is 9.05. The molecule has 4 aromatic carbocycles. The van der Waals surface area contributed by atoms with Crippen LogP contribution < -0.4 is 0 Å². The molecule has 2 heteroatoms. The molecule has 0 atom stereocenters. The molecule has 32 heavy (non-hydrogen) atoms. The minimum atomic E-state index is 0.180. The van der Waals surface area contributed by atoms with E-state index in [0.29, 0.717) is 0 Å². The Morgan fingerprint density at radius 3 is 2.16 bits per heavy atom. The maximum atomic E-state index is 3.70. The number of nitrogens with zero attached hydrogens (tertiary/aromatic N) is 1. The fraction of sp³-hybridized carbons (Fsp3) is 0.267. The lowest BCUT2D eigenvalue weighted by Crippen LogP contribution is -2.33. The third-order valence-electron chi connectivity index (χ3n) is 7.69. The molecule has 1 aliphatic carbocycles. The van der Waals surface area contributed by atoms with Crippen LogP contribution in [0.1, 0.15) is 51.7 Å². The average Bonchev–Trinajstić information content (AvgIpc) is 3.10. The van der Waals surface area contributed by atoms with Crippen molar-refractivity contribution in [2.75, 3.05) is 0 Å². The summed E-state index contributed by atoms with van der Waals surface area (Å²) in [6.45, 7) is 9.65. The first-order valence-corrected chi connectivity index (χ1v) is 12.3. The van der Waals surface area contributed by atoms with E-state index in [0.717, 1.165) is 4.47 Å². The third kappa shape index (κ3) is 2.82. The normalized spacial score (nSPS) is 17.2. The van der Waals surface area contributed by atoms with Crippen LogP contribution in [0.3, 0.4) is 0 Å². The summed E-state index contributed by atoms with van der Waals surface area (Å²) in [6.07, 6.45) is 2.45. The van der Waals surface area contributed by atoms with Crippen LogP contribution >= 0.6 is 15.9 Å². The largest absolute Gasteiger partial charge is 0.309 e. The number of hydrogen-bond donors (Lipinski definition) is 0. The molecule has 0 aliphatic heterocycles. The molecule has 0 amide bonds. The molecule has 1 nitrogen and oxygen atoms in total. The van der Waals surface area contributed by atoms with E-state index in [1.807, 2.05) is 0 Å². The summed E-state index contributed by atoms with van der Waals surface area (Å²) in [7, 11) is 0. The zero-order valence-electron chi connectivity index (χ0n) is 19.2. The Morgan fingerprint density at radius 2 is 1.41 bits per heavy atom. The molecule has 0 N–H and O–H groups in total. The molecule has 0 saturated heterocycles. The average molecular weight is 482 g/mol. The van der Waals surface area contributed by atoms with Gasteiger partial charge in [-0.15, -0.1) is 0 Å². The number of aromatic nitrogens is 1. The zero-order chi connectivity index (χ0) is 22.3. The summed E-state index contributed by atoms with van der Waals surface area (Å²) in [5.41, 5.74) is 7.16. The molecular weight excluding hydrogens is 454 g/mol. The summed E-state index contributed by atoms with van der Waals surface area (Å²) in [5.74, 6) is 0. The van der Waals surface area contributed by atoms with Crippen LogP contribution in [0.15, 0.2) is 77.3 Å². The van der Waals surface area contributed by atoms with Crippen molar-refractivity contribution in [1.82, 2.24) is 4.57 Å². The van der Waals surface area contributed by atoms with Crippen molar-refractivity contribution in [2.45, 2.75) is 51.4 Å². The van der Waals surface area contributed by atoms with Gasteiger partial charge in [0, 0.05) is 20.9 Å². The molecule has 1 heterocycles. The minimum absolute atomic E-state index is 0.180. The summed E-state index contributed by atoms with van der Waals surface area (Å²) < 4.78 is 3.56. The van der Waals surface area contributed by atoms with Gasteiger partial charge in [-0.2, -0.15) is 0 Å². The molecule has 0 spiro atoms. The Morgan fingerprint density at radius 1 is 0.688 bits per heavy atom. The van der Waals surface area contributed by atoms with Crippen molar-refractivity contribution in [3.8, 4) is 5.69 Å². The molecule has 0 saturated carbocycles. The topological polar surface area (TPSA) is 4.93 Å². The molecule has 0 bridgehead atoms. The Balaban J connectivity index is 1.85. The Hall–Kier alpha value is -2.58. The first kappa shape index (κ1) is 20.1. The van der Waals surface area contributed by atoms with E-state index in [4.69, 9.17) is 0 Å². The highest BCUT2D eigenvalue weighted by Crippen LogP contribution is 2.49. The van der Waals surface area contributed by atoms with Crippen LogP contribution in [0.5, 0.6) is 0 Å². The molecule has 0 unspecified atom stereocenters. The maximum absolute atomic E-state index is 3.70. The lowest BCUT2D eigenvalue weighted by Gasteiger charge is -2.42. The van der Waals surface area contributed by atoms with Gasteiger partial charge in [-0.05, 0) is 82.0 Å². The van der Waals surface area contributed by atoms with Crippen molar-refractivity contribution in [3.63, 3.8) is 0 Å². The predicted molar refractivity (Wildman–Crippen MR) is 141 cm³/mol. The second-order valence-corrected chi connectivity index (χ2v) is 11.6. The Kier molecular flexibility index (Phi) is 4.21. The van der Waals surface area contributed by atoms with Crippen LogP contribution in [-0.2, 0) is 10.8 Å². The van der Waals surface area contributed by atoms with Crippen molar-refractivity contribution >= 4 is 48.5 Å². The second kappa shape index (κ2) is 6.71. The smallest absolute Gasteiger partial charge is 0.0547 e. The van der Waals surface area contributed by atoms with E-state index in [2.05, 4.69) is 121 Å². The van der Waals surface area contributed by atoms with Gasteiger partial charge in [0.1, 0.15) is 0 Å². The van der Waals surface area contributed by atoms with Crippen LogP contribution in [0.4, 0.5) is 0 Å². The van der Waals surface area contributed by atoms with Gasteiger partial charge in [-0.25, -0.2) is 0 Å². The number of hydrogen-bond acceptors (Lipinski definition) is 0. The molecular formula is C30H28BrN. The van der Waals surface area contributed by atoms with E-state index in [9.17, 15) is 0 Å². The van der Waals surface area contributed by atoms with Crippen molar-refractivity contribution in [2.24, 2.45) is 0 Å². The van der Waals surface area contributed by atoms with Gasteiger partial charge in [-0.1, -0.05) is 80.0 Å². The van der Waals surface area contributed by atoms with Crippen molar-refractivity contribution in [1.29, 1.82) is 0 Å². The second-order valence-electron chi connectivity index (χ2n) is 10.7. The van der Waals surface area contributed by atoms with Gasteiger partial charge in [0.15, 0.2) is 0 Å². The number of rotatable bonds is 1. The van der Waals surface area contributed by atoms with Crippen LogP contribution in [0, 0.1) is 0 Å². The Labute approximate surface area is 198 Å². The van der Waals surface area contributed by atoms with Crippen LogP contribution in [-0.4, -0.2) is 4.57 Å². The highest BCUT2D eigenvalue weighted by molar-refractivity contribution is 9.10. The van der Waals surface area contributed by atoms with Crippen LogP contribution in [0.25, 0.3) is 38.3 Å². The fourth-order valence-corrected chi connectivity index (χ4v) is 6.13. The van der Waals surface area contributed by atoms with E-state index < -0.39 is 0 Å². The summed E-state index contributed by atoms with van der Waals surface area (Å²) in [4.78, 5) is 0. The maximum Gasteiger partial charge on any atom is 0.0547 e. The number of fused-ring (bicyclic) bond motifs is 6. The lowest BCUT2D eigenvalue weighted by molar-refractivity contribution is 0.332.